The zero-order chi connectivity index (χ0) is 23.2. The lowest BCUT2D eigenvalue weighted by molar-refractivity contribution is -0.140. The van der Waals surface area contributed by atoms with Crippen molar-refractivity contribution in [2.45, 2.75) is 19.4 Å². The standard InChI is InChI=1S/C25H29N3O5/c1-2-14-33-20-7-5-18(6-8-20)23(29)21-22(19-4-3-9-26-17-19)28(25(31)24(21)30)11-10-27-12-15-32-16-13-27/h3-9,17,22,29H,2,10-16H2,1H3/t22-/m1/s1. The van der Waals surface area contributed by atoms with Crippen molar-refractivity contribution in [1.29, 1.82) is 0 Å². The number of amides is 1. The molecule has 2 aliphatic heterocycles. The van der Waals surface area contributed by atoms with Gasteiger partial charge in [0.05, 0.1) is 31.4 Å². The van der Waals surface area contributed by atoms with Crippen molar-refractivity contribution in [3.63, 3.8) is 0 Å². The van der Waals surface area contributed by atoms with Crippen LogP contribution in [0.15, 0.2) is 54.4 Å². The van der Waals surface area contributed by atoms with Gasteiger partial charge in [0.2, 0.25) is 0 Å². The number of nitrogens with zero attached hydrogens (tertiary/aromatic N) is 3. The molecule has 1 aromatic carbocycles. The second-order valence-electron chi connectivity index (χ2n) is 8.11. The molecule has 0 spiro atoms. The van der Waals surface area contributed by atoms with Gasteiger partial charge in [-0.1, -0.05) is 13.0 Å². The molecular formula is C25H29N3O5. The Balaban J connectivity index is 1.66. The second kappa shape index (κ2) is 10.6. The summed E-state index contributed by atoms with van der Waals surface area (Å²) in [6, 6.07) is 9.77. The first-order valence-corrected chi connectivity index (χ1v) is 11.3. The van der Waals surface area contributed by atoms with Crippen LogP contribution in [0.3, 0.4) is 0 Å². The van der Waals surface area contributed by atoms with Gasteiger partial charge in [0.1, 0.15) is 11.5 Å². The highest BCUT2D eigenvalue weighted by Crippen LogP contribution is 2.39. The van der Waals surface area contributed by atoms with Gasteiger partial charge in [0.25, 0.3) is 11.7 Å². The van der Waals surface area contributed by atoms with Crippen LogP contribution in [0, 0.1) is 0 Å². The second-order valence-corrected chi connectivity index (χ2v) is 8.11. The summed E-state index contributed by atoms with van der Waals surface area (Å²) in [5.74, 6) is -0.808. The van der Waals surface area contributed by atoms with Crippen LogP contribution in [-0.2, 0) is 14.3 Å². The van der Waals surface area contributed by atoms with Gasteiger partial charge in [-0.2, -0.15) is 0 Å². The first-order valence-electron chi connectivity index (χ1n) is 11.3. The van der Waals surface area contributed by atoms with E-state index >= 15 is 0 Å². The predicted octanol–water partition coefficient (Wildman–Crippen LogP) is 2.62. The van der Waals surface area contributed by atoms with Gasteiger partial charge < -0.3 is 19.5 Å². The Labute approximate surface area is 193 Å². The number of ketones is 1. The minimum absolute atomic E-state index is 0.0807. The molecule has 0 unspecified atom stereocenters. The molecule has 174 valence electrons. The fraction of sp³-hybridized carbons (Fsp3) is 0.400. The van der Waals surface area contributed by atoms with Crippen molar-refractivity contribution < 1.29 is 24.2 Å². The maximum Gasteiger partial charge on any atom is 0.295 e. The Morgan fingerprint density at radius 2 is 1.91 bits per heavy atom. The van der Waals surface area contributed by atoms with E-state index < -0.39 is 17.7 Å². The molecule has 2 fully saturated rings. The van der Waals surface area contributed by atoms with E-state index in [0.29, 0.717) is 49.8 Å². The molecule has 8 nitrogen and oxygen atoms in total. The third-order valence-corrected chi connectivity index (χ3v) is 5.90. The summed E-state index contributed by atoms with van der Waals surface area (Å²) in [6.07, 6.45) is 4.16. The number of aromatic nitrogens is 1. The molecule has 1 aromatic heterocycles. The number of likely N-dealkylation sites (tertiary alicyclic amines) is 1. The smallest absolute Gasteiger partial charge is 0.295 e. The number of Topliss-reactive ketones (excluding diaryl/α,β-unsaturated/α-hetero) is 1. The number of pyridine rings is 1. The maximum atomic E-state index is 13.1. The molecule has 2 saturated heterocycles. The van der Waals surface area contributed by atoms with E-state index in [1.54, 1.807) is 47.6 Å². The van der Waals surface area contributed by atoms with Crippen LogP contribution in [-0.4, -0.2) is 77.6 Å². The number of morpholine rings is 1. The van der Waals surface area contributed by atoms with Crippen molar-refractivity contribution in [2.75, 3.05) is 46.0 Å². The molecule has 0 saturated carbocycles. The summed E-state index contributed by atoms with van der Waals surface area (Å²) in [5, 5.41) is 11.1. The minimum Gasteiger partial charge on any atom is -0.507 e. The average molecular weight is 452 g/mol. The Morgan fingerprint density at radius 3 is 2.58 bits per heavy atom. The van der Waals surface area contributed by atoms with Crippen molar-refractivity contribution in [3.8, 4) is 5.75 Å². The molecule has 0 aliphatic carbocycles. The number of hydrogen-bond donors (Lipinski definition) is 1. The number of carbonyl (C=O) groups excluding carboxylic acids is 2. The van der Waals surface area contributed by atoms with E-state index in [-0.39, 0.29) is 11.3 Å². The number of benzene rings is 1. The van der Waals surface area contributed by atoms with Crippen LogP contribution in [0.1, 0.15) is 30.5 Å². The predicted molar refractivity (Wildman–Crippen MR) is 123 cm³/mol. The lowest BCUT2D eigenvalue weighted by atomic mass is 9.96. The quantitative estimate of drug-likeness (QED) is 0.375. The Morgan fingerprint density at radius 1 is 1.15 bits per heavy atom. The van der Waals surface area contributed by atoms with Gasteiger partial charge >= 0.3 is 0 Å². The molecule has 1 N–H and O–H groups in total. The maximum absolute atomic E-state index is 13.1. The third-order valence-electron chi connectivity index (χ3n) is 5.90. The number of aliphatic hydroxyl groups excluding tert-OH is 1. The largest absolute Gasteiger partial charge is 0.507 e. The first kappa shape index (κ1) is 22.9. The number of ether oxygens (including phenoxy) is 2. The van der Waals surface area contributed by atoms with E-state index in [2.05, 4.69) is 9.88 Å². The number of carbonyl (C=O) groups is 2. The van der Waals surface area contributed by atoms with Crippen LogP contribution in [0.4, 0.5) is 0 Å². The first-order chi connectivity index (χ1) is 16.1. The summed E-state index contributed by atoms with van der Waals surface area (Å²) in [4.78, 5) is 34.0. The van der Waals surface area contributed by atoms with Gasteiger partial charge in [-0.25, -0.2) is 0 Å². The molecule has 1 amide bonds. The van der Waals surface area contributed by atoms with Gasteiger partial charge in [-0.05, 0) is 42.3 Å². The zero-order valence-corrected chi connectivity index (χ0v) is 18.8. The summed E-state index contributed by atoms with van der Waals surface area (Å²) >= 11 is 0. The number of aliphatic hydroxyl groups is 1. The lowest BCUT2D eigenvalue weighted by Crippen LogP contribution is -2.42. The van der Waals surface area contributed by atoms with Crippen LogP contribution in [0.2, 0.25) is 0 Å². The monoisotopic (exact) mass is 451 g/mol. The van der Waals surface area contributed by atoms with E-state index in [0.717, 1.165) is 19.5 Å². The topological polar surface area (TPSA) is 92.2 Å². The van der Waals surface area contributed by atoms with E-state index in [4.69, 9.17) is 9.47 Å². The fourth-order valence-electron chi connectivity index (χ4n) is 4.15. The van der Waals surface area contributed by atoms with Crippen molar-refractivity contribution >= 4 is 17.4 Å². The molecule has 2 aromatic rings. The highest BCUT2D eigenvalue weighted by molar-refractivity contribution is 6.46. The van der Waals surface area contributed by atoms with Crippen molar-refractivity contribution in [3.05, 3.63) is 65.5 Å². The fourth-order valence-corrected chi connectivity index (χ4v) is 4.15. The molecule has 4 rings (SSSR count). The van der Waals surface area contributed by atoms with Crippen LogP contribution in [0.5, 0.6) is 5.75 Å². The van der Waals surface area contributed by atoms with Crippen molar-refractivity contribution in [2.24, 2.45) is 0 Å². The molecule has 8 heteroatoms. The average Bonchev–Trinajstić information content (AvgIpc) is 3.12. The third kappa shape index (κ3) is 5.07. The van der Waals surface area contributed by atoms with E-state index in [9.17, 15) is 14.7 Å². The summed E-state index contributed by atoms with van der Waals surface area (Å²) in [6.45, 7) is 6.49. The van der Waals surface area contributed by atoms with Crippen LogP contribution < -0.4 is 4.74 Å². The SMILES string of the molecule is CCCOc1ccc(C(O)=C2C(=O)C(=O)N(CCN3CCOCC3)[C@@H]2c2cccnc2)cc1. The van der Waals surface area contributed by atoms with E-state index in [1.165, 1.54) is 0 Å². The van der Waals surface area contributed by atoms with Gasteiger partial charge in [-0.3, -0.25) is 19.5 Å². The van der Waals surface area contributed by atoms with Gasteiger partial charge in [0, 0.05) is 44.1 Å². The van der Waals surface area contributed by atoms with Gasteiger partial charge in [-0.15, -0.1) is 0 Å². The molecule has 1 atom stereocenters. The summed E-state index contributed by atoms with van der Waals surface area (Å²) < 4.78 is 11.0. The normalized spacial score (nSPS) is 20.9. The Kier molecular flexibility index (Phi) is 7.36. The van der Waals surface area contributed by atoms with Crippen molar-refractivity contribution in [1.82, 2.24) is 14.8 Å². The van der Waals surface area contributed by atoms with Crippen LogP contribution >= 0.6 is 0 Å². The zero-order valence-electron chi connectivity index (χ0n) is 18.8. The minimum atomic E-state index is -0.698. The number of hydrogen-bond acceptors (Lipinski definition) is 7. The highest BCUT2D eigenvalue weighted by atomic mass is 16.5. The van der Waals surface area contributed by atoms with Gasteiger partial charge in [0.15, 0.2) is 0 Å². The molecule has 0 bridgehead atoms. The Bertz CT molecular complexity index is 1000. The molecule has 33 heavy (non-hydrogen) atoms. The highest BCUT2D eigenvalue weighted by Gasteiger charge is 2.46. The van der Waals surface area contributed by atoms with E-state index in [1.807, 2.05) is 13.0 Å². The molecule has 3 heterocycles. The lowest BCUT2D eigenvalue weighted by Gasteiger charge is -2.30. The molecule has 2 aliphatic rings. The molecular weight excluding hydrogens is 422 g/mol. The number of rotatable bonds is 8. The summed E-state index contributed by atoms with van der Waals surface area (Å²) in [5.41, 5.74) is 1.22. The molecule has 0 radical (unpaired) electrons. The Hall–Kier alpha value is -3.23. The summed E-state index contributed by atoms with van der Waals surface area (Å²) in [7, 11) is 0. The van der Waals surface area contributed by atoms with Crippen LogP contribution in [0.25, 0.3) is 5.76 Å².